The highest BCUT2D eigenvalue weighted by Crippen LogP contribution is 2.26. The van der Waals surface area contributed by atoms with Gasteiger partial charge in [0.05, 0.1) is 19.2 Å². The van der Waals surface area contributed by atoms with E-state index in [1.165, 1.54) is 0 Å². The Morgan fingerprint density at radius 1 is 0.900 bits per heavy atom. The van der Waals surface area contributed by atoms with Crippen LogP contribution in [-0.2, 0) is 0 Å². The molecule has 20 heavy (non-hydrogen) atoms. The Morgan fingerprint density at radius 2 is 1.50 bits per heavy atom. The molecule has 2 aromatic carbocycles. The van der Waals surface area contributed by atoms with E-state index in [9.17, 15) is 5.11 Å². The molecule has 0 heterocycles. The summed E-state index contributed by atoms with van der Waals surface area (Å²) in [4.78, 5) is 0. The van der Waals surface area contributed by atoms with E-state index in [1.807, 2.05) is 30.4 Å². The van der Waals surface area contributed by atoms with Gasteiger partial charge in [-0.1, -0.05) is 29.8 Å². The lowest BCUT2D eigenvalue weighted by molar-refractivity contribution is 0.394. The molecule has 3 nitrogen and oxygen atoms in total. The van der Waals surface area contributed by atoms with E-state index < -0.39 is 0 Å². The standard InChI is InChI=1S/C16H15ClO3/c1-19-13-7-12(8-14(10-13)20-2)4-3-11-5-6-16(18)15(17)9-11/h3-10,18H,1-2H3/b4-3+. The topological polar surface area (TPSA) is 38.7 Å². The fourth-order valence-corrected chi connectivity index (χ4v) is 1.93. The highest BCUT2D eigenvalue weighted by atomic mass is 35.5. The molecule has 104 valence electrons. The van der Waals surface area contributed by atoms with Crippen molar-refractivity contribution in [3.8, 4) is 17.2 Å². The zero-order valence-corrected chi connectivity index (χ0v) is 12.0. The second-order valence-corrected chi connectivity index (χ2v) is 4.60. The van der Waals surface area contributed by atoms with Gasteiger partial charge in [-0.2, -0.15) is 0 Å². The van der Waals surface area contributed by atoms with Gasteiger partial charge in [-0.15, -0.1) is 0 Å². The van der Waals surface area contributed by atoms with Gasteiger partial charge < -0.3 is 14.6 Å². The fourth-order valence-electron chi connectivity index (χ4n) is 1.74. The summed E-state index contributed by atoms with van der Waals surface area (Å²) in [6.07, 6.45) is 3.83. The third kappa shape index (κ3) is 3.45. The molecular formula is C16H15ClO3. The summed E-state index contributed by atoms with van der Waals surface area (Å²) in [6.45, 7) is 0. The van der Waals surface area contributed by atoms with Crippen LogP contribution in [0.25, 0.3) is 12.2 Å². The predicted molar refractivity (Wildman–Crippen MR) is 81.6 cm³/mol. The third-order valence-electron chi connectivity index (χ3n) is 2.81. The molecule has 0 aliphatic rings. The number of halogens is 1. The molecule has 0 bridgehead atoms. The van der Waals surface area contributed by atoms with Crippen molar-refractivity contribution >= 4 is 23.8 Å². The smallest absolute Gasteiger partial charge is 0.134 e. The number of hydrogen-bond acceptors (Lipinski definition) is 3. The Hall–Kier alpha value is -2.13. The first-order valence-electron chi connectivity index (χ1n) is 6.02. The minimum atomic E-state index is 0.0758. The highest BCUT2D eigenvalue weighted by molar-refractivity contribution is 6.32. The summed E-state index contributed by atoms with van der Waals surface area (Å²) in [6, 6.07) is 10.7. The molecule has 0 saturated heterocycles. The van der Waals surface area contributed by atoms with Gasteiger partial charge in [0.1, 0.15) is 17.2 Å². The lowest BCUT2D eigenvalue weighted by Crippen LogP contribution is -1.88. The summed E-state index contributed by atoms with van der Waals surface area (Å²) in [7, 11) is 3.23. The zero-order valence-electron chi connectivity index (χ0n) is 11.3. The van der Waals surface area contributed by atoms with Crippen molar-refractivity contribution in [1.82, 2.24) is 0 Å². The molecule has 0 fully saturated rings. The van der Waals surface area contributed by atoms with Crippen molar-refractivity contribution in [2.75, 3.05) is 14.2 Å². The third-order valence-corrected chi connectivity index (χ3v) is 3.12. The lowest BCUT2D eigenvalue weighted by Gasteiger charge is -2.05. The van der Waals surface area contributed by atoms with Gasteiger partial charge in [0.2, 0.25) is 0 Å². The van der Waals surface area contributed by atoms with Gasteiger partial charge >= 0.3 is 0 Å². The van der Waals surface area contributed by atoms with Crippen LogP contribution >= 0.6 is 11.6 Å². The molecule has 0 amide bonds. The molecule has 0 aromatic heterocycles. The van der Waals surface area contributed by atoms with E-state index in [2.05, 4.69) is 0 Å². The number of rotatable bonds is 4. The minimum absolute atomic E-state index is 0.0758. The fraction of sp³-hybridized carbons (Fsp3) is 0.125. The Bertz CT molecular complexity index is 613. The quantitative estimate of drug-likeness (QED) is 0.856. The average Bonchev–Trinajstić information content (AvgIpc) is 2.48. The van der Waals surface area contributed by atoms with E-state index in [-0.39, 0.29) is 5.75 Å². The highest BCUT2D eigenvalue weighted by Gasteiger charge is 2.00. The van der Waals surface area contributed by atoms with E-state index >= 15 is 0 Å². The molecule has 0 atom stereocenters. The first-order valence-corrected chi connectivity index (χ1v) is 6.40. The lowest BCUT2D eigenvalue weighted by atomic mass is 10.1. The Kier molecular flexibility index (Phi) is 4.53. The molecule has 2 rings (SSSR count). The number of phenolic OH excluding ortho intramolecular Hbond substituents is 1. The second kappa shape index (κ2) is 6.35. The monoisotopic (exact) mass is 290 g/mol. The summed E-state index contributed by atoms with van der Waals surface area (Å²) >= 11 is 5.87. The maximum absolute atomic E-state index is 9.38. The van der Waals surface area contributed by atoms with Gasteiger partial charge in [-0.05, 0) is 35.4 Å². The predicted octanol–water partition coefficient (Wildman–Crippen LogP) is 4.23. The average molecular weight is 291 g/mol. The van der Waals surface area contributed by atoms with Crippen LogP contribution < -0.4 is 9.47 Å². The summed E-state index contributed by atoms with van der Waals surface area (Å²) in [5, 5.41) is 9.71. The molecule has 0 aliphatic heterocycles. The molecule has 4 heteroatoms. The van der Waals surface area contributed by atoms with Crippen molar-refractivity contribution in [1.29, 1.82) is 0 Å². The van der Waals surface area contributed by atoms with Crippen LogP contribution in [0, 0.1) is 0 Å². The Morgan fingerprint density at radius 3 is 2.05 bits per heavy atom. The van der Waals surface area contributed by atoms with E-state index in [0.717, 1.165) is 22.6 Å². The summed E-state index contributed by atoms with van der Waals surface area (Å²) < 4.78 is 10.4. The van der Waals surface area contributed by atoms with Crippen LogP contribution in [-0.4, -0.2) is 19.3 Å². The first-order chi connectivity index (χ1) is 9.62. The molecule has 1 N–H and O–H groups in total. The summed E-state index contributed by atoms with van der Waals surface area (Å²) in [5.74, 6) is 1.53. The minimum Gasteiger partial charge on any atom is -0.506 e. The van der Waals surface area contributed by atoms with Gasteiger partial charge in [0, 0.05) is 6.07 Å². The molecule has 0 spiro atoms. The van der Waals surface area contributed by atoms with Crippen molar-refractivity contribution in [3.63, 3.8) is 0 Å². The van der Waals surface area contributed by atoms with Crippen molar-refractivity contribution in [2.24, 2.45) is 0 Å². The van der Waals surface area contributed by atoms with Crippen LogP contribution in [0.2, 0.25) is 5.02 Å². The van der Waals surface area contributed by atoms with Crippen LogP contribution in [0.3, 0.4) is 0 Å². The maximum atomic E-state index is 9.38. The van der Waals surface area contributed by atoms with Crippen LogP contribution in [0.1, 0.15) is 11.1 Å². The number of ether oxygens (including phenoxy) is 2. The number of methoxy groups -OCH3 is 2. The van der Waals surface area contributed by atoms with Crippen LogP contribution in [0.15, 0.2) is 36.4 Å². The molecule has 0 saturated carbocycles. The molecule has 0 aliphatic carbocycles. The number of benzene rings is 2. The van der Waals surface area contributed by atoms with E-state index in [0.29, 0.717) is 5.02 Å². The number of aromatic hydroxyl groups is 1. The molecule has 0 unspecified atom stereocenters. The first kappa shape index (κ1) is 14.3. The number of hydrogen-bond donors (Lipinski definition) is 1. The zero-order chi connectivity index (χ0) is 14.5. The number of phenols is 1. The van der Waals surface area contributed by atoms with Crippen molar-refractivity contribution in [2.45, 2.75) is 0 Å². The largest absolute Gasteiger partial charge is 0.506 e. The van der Waals surface area contributed by atoms with E-state index in [4.69, 9.17) is 21.1 Å². The SMILES string of the molecule is COc1cc(/C=C/c2ccc(O)c(Cl)c2)cc(OC)c1. The van der Waals surface area contributed by atoms with E-state index in [1.54, 1.807) is 32.4 Å². The van der Waals surface area contributed by atoms with Gasteiger partial charge in [0.25, 0.3) is 0 Å². The van der Waals surface area contributed by atoms with Gasteiger partial charge in [-0.25, -0.2) is 0 Å². The van der Waals surface area contributed by atoms with Crippen molar-refractivity contribution in [3.05, 3.63) is 52.5 Å². The van der Waals surface area contributed by atoms with Crippen LogP contribution in [0.5, 0.6) is 17.2 Å². The molecular weight excluding hydrogens is 276 g/mol. The van der Waals surface area contributed by atoms with Gasteiger partial charge in [-0.3, -0.25) is 0 Å². The van der Waals surface area contributed by atoms with Gasteiger partial charge in [0.15, 0.2) is 0 Å². The second-order valence-electron chi connectivity index (χ2n) is 4.19. The summed E-state index contributed by atoms with van der Waals surface area (Å²) in [5.41, 5.74) is 1.85. The Labute approximate surface area is 123 Å². The molecule has 0 radical (unpaired) electrons. The maximum Gasteiger partial charge on any atom is 0.134 e. The van der Waals surface area contributed by atoms with Crippen LogP contribution in [0.4, 0.5) is 0 Å². The molecule has 2 aromatic rings. The Balaban J connectivity index is 2.28. The normalized spacial score (nSPS) is 10.8. The van der Waals surface area contributed by atoms with Crippen molar-refractivity contribution < 1.29 is 14.6 Å².